The minimum absolute atomic E-state index is 0.158. The second-order valence-corrected chi connectivity index (χ2v) is 5.73. The molecule has 3 N–H and O–H groups in total. The Hall–Kier alpha value is -0.420. The van der Waals surface area contributed by atoms with Crippen LogP contribution in [0, 0.1) is 0 Å². The fourth-order valence-electron chi connectivity index (χ4n) is 2.09. The average Bonchev–Trinajstić information content (AvgIpc) is 2.74. The lowest BCUT2D eigenvalue weighted by Crippen LogP contribution is -2.45. The molecule has 5 heteroatoms. The number of carbonyl (C=O) groups is 1. The van der Waals surface area contributed by atoms with E-state index in [1.807, 2.05) is 11.8 Å². The Morgan fingerprint density at radius 2 is 2.00 bits per heavy atom. The number of amides is 2. The minimum atomic E-state index is -0.657. The first kappa shape index (κ1) is 14.6. The highest BCUT2D eigenvalue weighted by Gasteiger charge is 2.31. The van der Waals surface area contributed by atoms with Crippen molar-refractivity contribution in [3.63, 3.8) is 0 Å². The fourth-order valence-corrected chi connectivity index (χ4v) is 2.58. The number of hydrogen-bond donors (Lipinski definition) is 3. The van der Waals surface area contributed by atoms with Gasteiger partial charge in [-0.05, 0) is 37.7 Å². The Balaban J connectivity index is 2.01. The highest BCUT2D eigenvalue weighted by atomic mass is 32.2. The maximum atomic E-state index is 11.4. The van der Waals surface area contributed by atoms with Crippen molar-refractivity contribution in [2.45, 2.75) is 44.1 Å². The quantitative estimate of drug-likeness (QED) is 0.611. The van der Waals surface area contributed by atoms with Crippen LogP contribution in [0.25, 0.3) is 0 Å². The summed E-state index contributed by atoms with van der Waals surface area (Å²) in [6.07, 6.45) is 7.97. The summed E-state index contributed by atoms with van der Waals surface area (Å²) in [4.78, 5) is 11.4. The molecule has 0 radical (unpaired) electrons. The van der Waals surface area contributed by atoms with Gasteiger partial charge in [-0.2, -0.15) is 11.8 Å². The molecule has 1 fully saturated rings. The van der Waals surface area contributed by atoms with Crippen LogP contribution >= 0.6 is 11.8 Å². The number of thioether (sulfide) groups is 1. The topological polar surface area (TPSA) is 61.4 Å². The monoisotopic (exact) mass is 260 g/mol. The summed E-state index contributed by atoms with van der Waals surface area (Å²) >= 11 is 1.83. The highest BCUT2D eigenvalue weighted by molar-refractivity contribution is 7.98. The van der Waals surface area contributed by atoms with Crippen molar-refractivity contribution in [1.82, 2.24) is 10.6 Å². The number of nitrogens with one attached hydrogen (secondary N) is 2. The van der Waals surface area contributed by atoms with Crippen LogP contribution in [0.5, 0.6) is 0 Å². The summed E-state index contributed by atoms with van der Waals surface area (Å²) in [5.41, 5.74) is -0.657. The van der Waals surface area contributed by atoms with Crippen molar-refractivity contribution in [2.75, 3.05) is 25.1 Å². The first-order valence-corrected chi connectivity index (χ1v) is 7.79. The van der Waals surface area contributed by atoms with Gasteiger partial charge in [0.05, 0.1) is 5.60 Å². The maximum absolute atomic E-state index is 11.4. The van der Waals surface area contributed by atoms with Crippen LogP contribution in [-0.4, -0.2) is 41.8 Å². The molecule has 0 unspecified atom stereocenters. The van der Waals surface area contributed by atoms with E-state index in [-0.39, 0.29) is 6.03 Å². The Labute approximate surface area is 108 Å². The van der Waals surface area contributed by atoms with Crippen LogP contribution in [-0.2, 0) is 0 Å². The molecule has 100 valence electrons. The summed E-state index contributed by atoms with van der Waals surface area (Å²) in [5.74, 6) is 1.14. The molecule has 1 aliphatic rings. The molecular formula is C12H24N2O2S. The third-order valence-corrected chi connectivity index (χ3v) is 3.87. The van der Waals surface area contributed by atoms with Gasteiger partial charge in [-0.1, -0.05) is 12.8 Å². The van der Waals surface area contributed by atoms with Crippen LogP contribution in [0.2, 0.25) is 0 Å². The Morgan fingerprint density at radius 1 is 1.29 bits per heavy atom. The van der Waals surface area contributed by atoms with Gasteiger partial charge >= 0.3 is 6.03 Å². The van der Waals surface area contributed by atoms with Crippen LogP contribution in [0.15, 0.2) is 0 Å². The van der Waals surface area contributed by atoms with Crippen LogP contribution < -0.4 is 10.6 Å². The molecule has 0 aromatic carbocycles. The van der Waals surface area contributed by atoms with Crippen molar-refractivity contribution in [3.8, 4) is 0 Å². The fraction of sp³-hybridized carbons (Fsp3) is 0.917. The third kappa shape index (κ3) is 6.17. The molecule has 17 heavy (non-hydrogen) atoms. The molecule has 2 amide bonds. The van der Waals surface area contributed by atoms with Crippen molar-refractivity contribution in [2.24, 2.45) is 0 Å². The summed E-state index contributed by atoms with van der Waals surface area (Å²) in [6, 6.07) is -0.158. The zero-order chi connectivity index (χ0) is 12.6. The van der Waals surface area contributed by atoms with Gasteiger partial charge in [-0.15, -0.1) is 0 Å². The van der Waals surface area contributed by atoms with E-state index < -0.39 is 5.60 Å². The van der Waals surface area contributed by atoms with Crippen molar-refractivity contribution in [1.29, 1.82) is 0 Å². The van der Waals surface area contributed by atoms with Gasteiger partial charge in [-0.3, -0.25) is 0 Å². The molecule has 0 heterocycles. The van der Waals surface area contributed by atoms with Gasteiger partial charge in [0.25, 0.3) is 0 Å². The molecule has 1 saturated carbocycles. The Kier molecular flexibility index (Phi) is 6.73. The summed E-state index contributed by atoms with van der Waals surface area (Å²) in [6.45, 7) is 1.09. The standard InChI is InChI=1S/C12H24N2O2S/c1-17-9-5-4-8-13-11(15)14-10-12(16)6-2-3-7-12/h16H,2-10H2,1H3,(H2,13,14,15). The SMILES string of the molecule is CSCCCCNC(=O)NCC1(O)CCCC1. The second kappa shape index (κ2) is 7.82. The number of rotatable bonds is 7. The number of hydrogen-bond acceptors (Lipinski definition) is 3. The molecule has 0 aromatic rings. The lowest BCUT2D eigenvalue weighted by atomic mass is 10.0. The first-order chi connectivity index (χ1) is 8.16. The van der Waals surface area contributed by atoms with Gasteiger partial charge < -0.3 is 15.7 Å². The van der Waals surface area contributed by atoms with Gasteiger partial charge in [0.1, 0.15) is 0 Å². The number of aliphatic hydroxyl groups is 1. The average molecular weight is 260 g/mol. The molecule has 0 atom stereocenters. The number of unbranched alkanes of at least 4 members (excludes halogenated alkanes) is 1. The van der Waals surface area contributed by atoms with E-state index in [1.165, 1.54) is 0 Å². The van der Waals surface area contributed by atoms with Crippen molar-refractivity contribution < 1.29 is 9.90 Å². The maximum Gasteiger partial charge on any atom is 0.314 e. The molecule has 0 aromatic heterocycles. The molecule has 0 spiro atoms. The largest absolute Gasteiger partial charge is 0.388 e. The molecule has 0 saturated heterocycles. The lowest BCUT2D eigenvalue weighted by molar-refractivity contribution is 0.0501. The van der Waals surface area contributed by atoms with Crippen LogP contribution in [0.3, 0.4) is 0 Å². The van der Waals surface area contributed by atoms with Gasteiger partial charge in [0.15, 0.2) is 0 Å². The van der Waals surface area contributed by atoms with Gasteiger partial charge in [-0.25, -0.2) is 4.79 Å². The predicted octanol–water partition coefficient (Wildman–Crippen LogP) is 1.73. The molecule has 1 rings (SSSR count). The highest BCUT2D eigenvalue weighted by Crippen LogP contribution is 2.28. The van der Waals surface area contributed by atoms with Crippen molar-refractivity contribution >= 4 is 17.8 Å². The number of carbonyl (C=O) groups excluding carboxylic acids is 1. The van der Waals surface area contributed by atoms with Crippen LogP contribution in [0.1, 0.15) is 38.5 Å². The summed E-state index contributed by atoms with van der Waals surface area (Å²) in [7, 11) is 0. The molecule has 0 aliphatic heterocycles. The summed E-state index contributed by atoms with van der Waals surface area (Å²) < 4.78 is 0. The van der Waals surface area contributed by atoms with E-state index in [0.717, 1.165) is 44.3 Å². The predicted molar refractivity (Wildman–Crippen MR) is 72.4 cm³/mol. The van der Waals surface area contributed by atoms with E-state index in [0.29, 0.717) is 13.1 Å². The minimum Gasteiger partial charge on any atom is -0.388 e. The molecule has 0 bridgehead atoms. The van der Waals surface area contributed by atoms with E-state index in [9.17, 15) is 9.90 Å². The third-order valence-electron chi connectivity index (χ3n) is 3.17. The summed E-state index contributed by atoms with van der Waals surface area (Å²) in [5, 5.41) is 15.6. The molecular weight excluding hydrogens is 236 g/mol. The first-order valence-electron chi connectivity index (χ1n) is 6.39. The lowest BCUT2D eigenvalue weighted by Gasteiger charge is -2.22. The van der Waals surface area contributed by atoms with Gasteiger partial charge in [0.2, 0.25) is 0 Å². The Morgan fingerprint density at radius 3 is 2.65 bits per heavy atom. The second-order valence-electron chi connectivity index (χ2n) is 4.74. The normalized spacial score (nSPS) is 18.0. The van der Waals surface area contributed by atoms with Crippen LogP contribution in [0.4, 0.5) is 4.79 Å². The van der Waals surface area contributed by atoms with E-state index in [2.05, 4.69) is 16.9 Å². The zero-order valence-electron chi connectivity index (χ0n) is 10.6. The number of urea groups is 1. The van der Waals surface area contributed by atoms with Gasteiger partial charge in [0, 0.05) is 13.1 Å². The molecule has 1 aliphatic carbocycles. The van der Waals surface area contributed by atoms with Crippen molar-refractivity contribution in [3.05, 3.63) is 0 Å². The zero-order valence-corrected chi connectivity index (χ0v) is 11.4. The van der Waals surface area contributed by atoms with E-state index in [1.54, 1.807) is 0 Å². The van der Waals surface area contributed by atoms with E-state index in [4.69, 9.17) is 0 Å². The smallest absolute Gasteiger partial charge is 0.314 e. The van der Waals surface area contributed by atoms with E-state index >= 15 is 0 Å². The molecule has 4 nitrogen and oxygen atoms in total. The Bertz CT molecular complexity index is 231.